The standard InChI is InChI=1S/C17H25NO/c1-2-11-17(19,14-8-4-3-5-9-14)16-12-13-7-6-10-15(13)18-16/h3-5,8-9,13,15-16,18-19H,2,6-7,10-12H2,1H3/t13-,15-,16+,17-/m1/s1. The third-order valence-corrected chi connectivity index (χ3v) is 5.09. The monoisotopic (exact) mass is 259 g/mol. The number of aliphatic hydroxyl groups is 1. The lowest BCUT2D eigenvalue weighted by Crippen LogP contribution is -2.47. The molecule has 0 amide bonds. The van der Waals surface area contributed by atoms with Gasteiger partial charge in [0.1, 0.15) is 5.60 Å². The first kappa shape index (κ1) is 13.1. The SMILES string of the molecule is CCC[C@@](O)(c1ccccc1)[C@@H]1C[C@H]2CCC[C@H]2N1. The molecule has 1 saturated carbocycles. The summed E-state index contributed by atoms with van der Waals surface area (Å²) in [6.45, 7) is 2.16. The van der Waals surface area contributed by atoms with Crippen molar-refractivity contribution in [3.05, 3.63) is 35.9 Å². The summed E-state index contributed by atoms with van der Waals surface area (Å²) in [6.07, 6.45) is 6.97. The summed E-state index contributed by atoms with van der Waals surface area (Å²) < 4.78 is 0. The Morgan fingerprint density at radius 2 is 2.05 bits per heavy atom. The highest BCUT2D eigenvalue weighted by atomic mass is 16.3. The summed E-state index contributed by atoms with van der Waals surface area (Å²) in [4.78, 5) is 0. The van der Waals surface area contributed by atoms with Gasteiger partial charge in [0.05, 0.1) is 0 Å². The van der Waals surface area contributed by atoms with Gasteiger partial charge in [-0.25, -0.2) is 0 Å². The zero-order valence-corrected chi connectivity index (χ0v) is 11.8. The van der Waals surface area contributed by atoms with Gasteiger partial charge >= 0.3 is 0 Å². The summed E-state index contributed by atoms with van der Waals surface area (Å²) in [6, 6.07) is 11.1. The molecule has 1 aliphatic heterocycles. The average molecular weight is 259 g/mol. The normalized spacial score (nSPS) is 33.1. The fourth-order valence-electron chi connectivity index (χ4n) is 4.13. The Balaban J connectivity index is 1.85. The van der Waals surface area contributed by atoms with Crippen LogP contribution < -0.4 is 5.32 Å². The van der Waals surface area contributed by atoms with Crippen LogP contribution in [0.5, 0.6) is 0 Å². The summed E-state index contributed by atoms with van der Waals surface area (Å²) in [5.41, 5.74) is 0.384. The van der Waals surface area contributed by atoms with Gasteiger partial charge in [-0.2, -0.15) is 0 Å². The van der Waals surface area contributed by atoms with Crippen molar-refractivity contribution < 1.29 is 5.11 Å². The lowest BCUT2D eigenvalue weighted by atomic mass is 9.80. The van der Waals surface area contributed by atoms with Crippen molar-refractivity contribution >= 4 is 0 Å². The molecule has 1 heterocycles. The van der Waals surface area contributed by atoms with Gasteiger partial charge in [-0.05, 0) is 37.2 Å². The molecule has 2 N–H and O–H groups in total. The maximum absolute atomic E-state index is 11.3. The van der Waals surface area contributed by atoms with Gasteiger partial charge in [-0.1, -0.05) is 50.1 Å². The fourth-order valence-corrected chi connectivity index (χ4v) is 4.13. The molecule has 0 unspecified atom stereocenters. The van der Waals surface area contributed by atoms with Crippen molar-refractivity contribution in [3.63, 3.8) is 0 Å². The van der Waals surface area contributed by atoms with Crippen molar-refractivity contribution in [1.29, 1.82) is 0 Å². The van der Waals surface area contributed by atoms with E-state index in [2.05, 4.69) is 24.4 Å². The smallest absolute Gasteiger partial charge is 0.105 e. The van der Waals surface area contributed by atoms with E-state index in [0.717, 1.165) is 30.7 Å². The van der Waals surface area contributed by atoms with E-state index in [9.17, 15) is 5.11 Å². The Kier molecular flexibility index (Phi) is 3.64. The van der Waals surface area contributed by atoms with Crippen LogP contribution in [0.1, 0.15) is 51.0 Å². The molecule has 1 aromatic carbocycles. The second kappa shape index (κ2) is 5.26. The summed E-state index contributed by atoms with van der Waals surface area (Å²) in [5.74, 6) is 0.789. The van der Waals surface area contributed by atoms with Crippen LogP contribution in [0.3, 0.4) is 0 Å². The topological polar surface area (TPSA) is 32.3 Å². The zero-order valence-electron chi connectivity index (χ0n) is 11.8. The molecule has 1 aromatic rings. The van der Waals surface area contributed by atoms with E-state index >= 15 is 0 Å². The Labute approximate surface area is 116 Å². The van der Waals surface area contributed by atoms with Crippen LogP contribution in [-0.2, 0) is 5.60 Å². The quantitative estimate of drug-likeness (QED) is 0.870. The molecule has 4 atom stereocenters. The Bertz CT molecular complexity index is 407. The predicted molar refractivity (Wildman–Crippen MR) is 77.9 cm³/mol. The van der Waals surface area contributed by atoms with Gasteiger partial charge in [0.25, 0.3) is 0 Å². The van der Waals surface area contributed by atoms with Crippen molar-refractivity contribution in [2.45, 2.75) is 63.1 Å². The second-order valence-corrected chi connectivity index (χ2v) is 6.29. The Hall–Kier alpha value is -0.860. The van der Waals surface area contributed by atoms with Crippen molar-refractivity contribution in [1.82, 2.24) is 5.32 Å². The van der Waals surface area contributed by atoms with E-state index in [-0.39, 0.29) is 6.04 Å². The first-order valence-electron chi connectivity index (χ1n) is 7.78. The molecule has 0 radical (unpaired) electrons. The van der Waals surface area contributed by atoms with Crippen molar-refractivity contribution in [3.8, 4) is 0 Å². The van der Waals surface area contributed by atoms with Crippen LogP contribution in [-0.4, -0.2) is 17.2 Å². The maximum Gasteiger partial charge on any atom is 0.105 e. The lowest BCUT2D eigenvalue weighted by molar-refractivity contribution is -0.00906. The minimum absolute atomic E-state index is 0.227. The predicted octanol–water partition coefficient (Wildman–Crippen LogP) is 3.20. The second-order valence-electron chi connectivity index (χ2n) is 6.29. The van der Waals surface area contributed by atoms with Crippen LogP contribution >= 0.6 is 0 Å². The molecule has 0 aromatic heterocycles. The summed E-state index contributed by atoms with van der Waals surface area (Å²) >= 11 is 0. The van der Waals surface area contributed by atoms with E-state index in [1.54, 1.807) is 0 Å². The van der Waals surface area contributed by atoms with E-state index < -0.39 is 5.60 Å². The third-order valence-electron chi connectivity index (χ3n) is 5.09. The number of nitrogens with one attached hydrogen (secondary N) is 1. The Morgan fingerprint density at radius 1 is 1.26 bits per heavy atom. The highest BCUT2D eigenvalue weighted by Gasteiger charge is 2.46. The minimum Gasteiger partial charge on any atom is -0.384 e. The summed E-state index contributed by atoms with van der Waals surface area (Å²) in [5, 5.41) is 15.0. The van der Waals surface area contributed by atoms with Crippen molar-refractivity contribution in [2.75, 3.05) is 0 Å². The van der Waals surface area contributed by atoms with Gasteiger partial charge in [-0.15, -0.1) is 0 Å². The van der Waals surface area contributed by atoms with E-state index in [0.29, 0.717) is 6.04 Å². The van der Waals surface area contributed by atoms with Gasteiger partial charge < -0.3 is 10.4 Å². The molecule has 0 bridgehead atoms. The maximum atomic E-state index is 11.3. The molecule has 2 nitrogen and oxygen atoms in total. The van der Waals surface area contributed by atoms with Gasteiger partial charge in [0.2, 0.25) is 0 Å². The highest BCUT2D eigenvalue weighted by Crippen LogP contribution is 2.42. The molecule has 19 heavy (non-hydrogen) atoms. The van der Waals surface area contributed by atoms with E-state index in [1.165, 1.54) is 19.3 Å². The van der Waals surface area contributed by atoms with Crippen LogP contribution in [0.4, 0.5) is 0 Å². The molecule has 1 saturated heterocycles. The molecular weight excluding hydrogens is 234 g/mol. The zero-order chi connectivity index (χ0) is 13.3. The minimum atomic E-state index is -0.694. The number of hydrogen-bond donors (Lipinski definition) is 2. The van der Waals surface area contributed by atoms with E-state index in [4.69, 9.17) is 0 Å². The molecular formula is C17H25NO. The summed E-state index contributed by atoms with van der Waals surface area (Å²) in [7, 11) is 0. The lowest BCUT2D eigenvalue weighted by Gasteiger charge is -2.35. The molecule has 2 heteroatoms. The fraction of sp³-hybridized carbons (Fsp3) is 0.647. The number of hydrogen-bond acceptors (Lipinski definition) is 2. The third kappa shape index (κ3) is 2.32. The number of benzene rings is 1. The molecule has 1 aliphatic carbocycles. The number of rotatable bonds is 4. The molecule has 2 aliphatic rings. The highest BCUT2D eigenvalue weighted by molar-refractivity contribution is 5.25. The first-order chi connectivity index (χ1) is 9.24. The van der Waals surface area contributed by atoms with Gasteiger partial charge in [0.15, 0.2) is 0 Å². The van der Waals surface area contributed by atoms with Crippen LogP contribution in [0, 0.1) is 5.92 Å². The molecule has 3 rings (SSSR count). The first-order valence-corrected chi connectivity index (χ1v) is 7.78. The molecule has 2 fully saturated rings. The molecule has 104 valence electrons. The molecule has 0 spiro atoms. The number of fused-ring (bicyclic) bond motifs is 1. The van der Waals surface area contributed by atoms with Crippen LogP contribution in [0.25, 0.3) is 0 Å². The van der Waals surface area contributed by atoms with E-state index in [1.807, 2.05) is 18.2 Å². The van der Waals surface area contributed by atoms with Gasteiger partial charge in [-0.3, -0.25) is 0 Å². The Morgan fingerprint density at radius 3 is 2.74 bits per heavy atom. The van der Waals surface area contributed by atoms with Crippen molar-refractivity contribution in [2.24, 2.45) is 5.92 Å². The largest absolute Gasteiger partial charge is 0.384 e. The van der Waals surface area contributed by atoms with Crippen LogP contribution in [0.2, 0.25) is 0 Å². The van der Waals surface area contributed by atoms with Gasteiger partial charge in [0, 0.05) is 12.1 Å². The average Bonchev–Trinajstić information content (AvgIpc) is 3.01. The van der Waals surface area contributed by atoms with Crippen LogP contribution in [0.15, 0.2) is 30.3 Å².